The van der Waals surface area contributed by atoms with Crippen molar-refractivity contribution in [2.45, 2.75) is 75.4 Å². The van der Waals surface area contributed by atoms with Gasteiger partial charge in [-0.15, -0.1) is 10.2 Å². The van der Waals surface area contributed by atoms with Crippen LogP contribution in [0.4, 0.5) is 5.69 Å². The third kappa shape index (κ3) is 5.39. The molecule has 1 aliphatic rings. The molecule has 31 heavy (non-hydrogen) atoms. The van der Waals surface area contributed by atoms with Crippen molar-refractivity contribution in [2.75, 3.05) is 12.4 Å². The van der Waals surface area contributed by atoms with Crippen LogP contribution in [0.5, 0.6) is 5.75 Å². The standard InChI is InChI=1S/C22H30N6O2S/c1-15(2)21-24-19(27-30-21)14-31-22-26-25-20(28(22)17-9-5-4-6-10-17)13-23-16-8-7-11-18(12-16)29-3/h7-8,11-12,15,17,23H,4-6,9-10,13-14H2,1-3H3. The summed E-state index contributed by atoms with van der Waals surface area (Å²) in [6.45, 7) is 4.70. The van der Waals surface area contributed by atoms with Gasteiger partial charge in [-0.25, -0.2) is 0 Å². The molecule has 1 saturated carbocycles. The van der Waals surface area contributed by atoms with Gasteiger partial charge in [0.1, 0.15) is 5.75 Å². The van der Waals surface area contributed by atoms with Gasteiger partial charge in [-0.1, -0.05) is 56.1 Å². The Morgan fingerprint density at radius 1 is 1.23 bits per heavy atom. The molecule has 0 unspecified atom stereocenters. The molecular weight excluding hydrogens is 412 g/mol. The predicted octanol–water partition coefficient (Wildman–Crippen LogP) is 5.20. The van der Waals surface area contributed by atoms with Crippen molar-refractivity contribution < 1.29 is 9.26 Å². The molecule has 2 heterocycles. The smallest absolute Gasteiger partial charge is 0.229 e. The highest BCUT2D eigenvalue weighted by atomic mass is 32.2. The number of nitrogens with zero attached hydrogens (tertiary/aromatic N) is 5. The van der Waals surface area contributed by atoms with Gasteiger partial charge in [0.2, 0.25) is 5.89 Å². The minimum absolute atomic E-state index is 0.228. The maximum atomic E-state index is 5.34. The second-order valence-corrected chi connectivity index (χ2v) is 9.08. The number of anilines is 1. The number of thioether (sulfide) groups is 1. The zero-order chi connectivity index (χ0) is 21.6. The summed E-state index contributed by atoms with van der Waals surface area (Å²) in [5.74, 6) is 4.00. The first-order chi connectivity index (χ1) is 15.1. The minimum Gasteiger partial charge on any atom is -0.497 e. The maximum absolute atomic E-state index is 5.34. The lowest BCUT2D eigenvalue weighted by Gasteiger charge is -2.25. The Kier molecular flexibility index (Phi) is 7.11. The predicted molar refractivity (Wildman–Crippen MR) is 120 cm³/mol. The van der Waals surface area contributed by atoms with E-state index in [2.05, 4.69) is 30.2 Å². The van der Waals surface area contributed by atoms with Crippen LogP contribution in [0, 0.1) is 0 Å². The van der Waals surface area contributed by atoms with E-state index in [0.717, 1.165) is 35.3 Å². The van der Waals surface area contributed by atoms with E-state index in [9.17, 15) is 0 Å². The van der Waals surface area contributed by atoms with Crippen molar-refractivity contribution in [1.29, 1.82) is 0 Å². The first kappa shape index (κ1) is 21.7. The second kappa shape index (κ2) is 10.2. The SMILES string of the molecule is COc1cccc(NCc2nnc(SCc3noc(C(C)C)n3)n2C2CCCCC2)c1. The first-order valence-corrected chi connectivity index (χ1v) is 11.9. The van der Waals surface area contributed by atoms with Crippen LogP contribution < -0.4 is 10.1 Å². The molecule has 0 aliphatic heterocycles. The summed E-state index contributed by atoms with van der Waals surface area (Å²) in [7, 11) is 1.68. The second-order valence-electron chi connectivity index (χ2n) is 8.14. The third-order valence-electron chi connectivity index (χ3n) is 5.50. The number of rotatable bonds is 9. The molecule has 1 aliphatic carbocycles. The lowest BCUT2D eigenvalue weighted by molar-refractivity contribution is 0.330. The van der Waals surface area contributed by atoms with Crippen molar-refractivity contribution in [3.05, 3.63) is 41.8 Å². The molecule has 1 fully saturated rings. The van der Waals surface area contributed by atoms with Crippen molar-refractivity contribution in [3.8, 4) is 5.75 Å². The molecule has 3 aromatic rings. The maximum Gasteiger partial charge on any atom is 0.229 e. The fourth-order valence-corrected chi connectivity index (χ4v) is 4.70. The van der Waals surface area contributed by atoms with Gasteiger partial charge in [-0.2, -0.15) is 4.98 Å². The van der Waals surface area contributed by atoms with Gasteiger partial charge in [0, 0.05) is 23.7 Å². The van der Waals surface area contributed by atoms with Gasteiger partial charge < -0.3 is 19.1 Å². The average molecular weight is 443 g/mol. The van der Waals surface area contributed by atoms with E-state index in [4.69, 9.17) is 9.26 Å². The van der Waals surface area contributed by atoms with E-state index in [1.54, 1.807) is 18.9 Å². The average Bonchev–Trinajstić information content (AvgIpc) is 3.44. The van der Waals surface area contributed by atoms with E-state index >= 15 is 0 Å². The van der Waals surface area contributed by atoms with Gasteiger partial charge >= 0.3 is 0 Å². The van der Waals surface area contributed by atoms with Crippen LogP contribution in [0.1, 0.15) is 75.5 Å². The van der Waals surface area contributed by atoms with Crippen molar-refractivity contribution in [1.82, 2.24) is 24.9 Å². The fourth-order valence-electron chi connectivity index (χ4n) is 3.84. The molecule has 1 aromatic carbocycles. The van der Waals surface area contributed by atoms with Crippen molar-refractivity contribution in [2.24, 2.45) is 0 Å². The van der Waals surface area contributed by atoms with Crippen LogP contribution in [-0.2, 0) is 12.3 Å². The van der Waals surface area contributed by atoms with Crippen LogP contribution in [0.15, 0.2) is 33.9 Å². The summed E-state index contributed by atoms with van der Waals surface area (Å²) in [5.41, 5.74) is 1.000. The minimum atomic E-state index is 0.228. The highest BCUT2D eigenvalue weighted by Gasteiger charge is 2.23. The molecule has 0 spiro atoms. The summed E-state index contributed by atoms with van der Waals surface area (Å²) in [6, 6.07) is 8.36. The fraction of sp³-hybridized carbons (Fsp3) is 0.545. The normalized spacial score (nSPS) is 14.8. The molecule has 9 heteroatoms. The molecule has 166 valence electrons. The summed E-state index contributed by atoms with van der Waals surface area (Å²) in [6.07, 6.45) is 6.13. The molecule has 0 radical (unpaired) electrons. The third-order valence-corrected chi connectivity index (χ3v) is 6.44. The Labute approximate surface area is 187 Å². The number of nitrogens with one attached hydrogen (secondary N) is 1. The van der Waals surface area contributed by atoms with Gasteiger partial charge in [-0.05, 0) is 25.0 Å². The Hall–Kier alpha value is -2.55. The number of aromatic nitrogens is 5. The topological polar surface area (TPSA) is 90.9 Å². The lowest BCUT2D eigenvalue weighted by atomic mass is 9.95. The Morgan fingerprint density at radius 3 is 2.81 bits per heavy atom. The van der Waals surface area contributed by atoms with Crippen LogP contribution in [0.25, 0.3) is 0 Å². The molecule has 1 N–H and O–H groups in total. The van der Waals surface area contributed by atoms with Gasteiger partial charge in [-0.3, -0.25) is 0 Å². The molecule has 0 bridgehead atoms. The highest BCUT2D eigenvalue weighted by molar-refractivity contribution is 7.98. The Bertz CT molecular complexity index is 980. The zero-order valence-corrected chi connectivity index (χ0v) is 19.2. The van der Waals surface area contributed by atoms with E-state index in [-0.39, 0.29) is 5.92 Å². The molecule has 8 nitrogen and oxygen atoms in total. The van der Waals surface area contributed by atoms with Crippen molar-refractivity contribution in [3.63, 3.8) is 0 Å². The van der Waals surface area contributed by atoms with Gasteiger partial charge in [0.25, 0.3) is 0 Å². The quantitative estimate of drug-likeness (QED) is 0.452. The molecule has 0 saturated heterocycles. The van der Waals surface area contributed by atoms with Crippen molar-refractivity contribution >= 4 is 17.4 Å². The Balaban J connectivity index is 1.50. The van der Waals surface area contributed by atoms with Gasteiger partial charge in [0.15, 0.2) is 16.8 Å². The molecule has 0 amide bonds. The number of benzene rings is 1. The molecular formula is C22H30N6O2S. The van der Waals surface area contributed by atoms with Gasteiger partial charge in [0.05, 0.1) is 19.4 Å². The highest BCUT2D eigenvalue weighted by Crippen LogP contribution is 2.33. The molecule has 0 atom stereocenters. The zero-order valence-electron chi connectivity index (χ0n) is 18.4. The van der Waals surface area contributed by atoms with E-state index in [0.29, 0.717) is 30.1 Å². The summed E-state index contributed by atoms with van der Waals surface area (Å²) in [4.78, 5) is 4.49. The van der Waals surface area contributed by atoms with Crippen LogP contribution in [0.3, 0.4) is 0 Å². The van der Waals surface area contributed by atoms with E-state index in [1.165, 1.54) is 19.3 Å². The number of methoxy groups -OCH3 is 1. The number of hydrogen-bond donors (Lipinski definition) is 1. The molecule has 2 aromatic heterocycles. The van der Waals surface area contributed by atoms with Crippen LogP contribution in [-0.4, -0.2) is 32.0 Å². The summed E-state index contributed by atoms with van der Waals surface area (Å²) in [5, 5.41) is 17.5. The lowest BCUT2D eigenvalue weighted by Crippen LogP contribution is -2.18. The van der Waals surface area contributed by atoms with E-state index < -0.39 is 0 Å². The summed E-state index contributed by atoms with van der Waals surface area (Å²) < 4.78 is 13.0. The molecule has 4 rings (SSSR count). The monoisotopic (exact) mass is 442 g/mol. The van der Waals surface area contributed by atoms with E-state index in [1.807, 2.05) is 38.1 Å². The number of hydrogen-bond acceptors (Lipinski definition) is 8. The number of ether oxygens (including phenoxy) is 1. The first-order valence-electron chi connectivity index (χ1n) is 10.9. The summed E-state index contributed by atoms with van der Waals surface area (Å²) >= 11 is 1.62. The largest absolute Gasteiger partial charge is 0.497 e. The van der Waals surface area contributed by atoms with Crippen LogP contribution >= 0.6 is 11.8 Å². The Morgan fingerprint density at radius 2 is 2.06 bits per heavy atom. The van der Waals surface area contributed by atoms with Crippen LogP contribution in [0.2, 0.25) is 0 Å².